The number of nitrogens with zero attached hydrogens (tertiary/aromatic N) is 1. The van der Waals surface area contributed by atoms with Gasteiger partial charge in [0.25, 0.3) is 0 Å². The van der Waals surface area contributed by atoms with E-state index in [1.165, 1.54) is 0 Å². The van der Waals surface area contributed by atoms with Crippen molar-refractivity contribution in [3.8, 4) is 0 Å². The van der Waals surface area contributed by atoms with Crippen LogP contribution in [0.15, 0.2) is 30.3 Å². The number of hydrogen-bond acceptors (Lipinski definition) is 3. The van der Waals surface area contributed by atoms with Gasteiger partial charge in [0.2, 0.25) is 11.8 Å². The topological polar surface area (TPSA) is 61.4 Å². The van der Waals surface area contributed by atoms with Gasteiger partial charge in [-0.05, 0) is 31.5 Å². The van der Waals surface area contributed by atoms with E-state index in [-0.39, 0.29) is 36.7 Å². The Hall–Kier alpha value is -1.59. The van der Waals surface area contributed by atoms with Gasteiger partial charge in [0.15, 0.2) is 0 Å². The van der Waals surface area contributed by atoms with Crippen molar-refractivity contribution in [2.24, 2.45) is 11.8 Å². The third kappa shape index (κ3) is 5.52. The highest BCUT2D eigenvalue weighted by molar-refractivity contribution is 5.86. The summed E-state index contributed by atoms with van der Waals surface area (Å²) in [5.74, 6) is 0.272. The Balaban J connectivity index is 0.00000264. The van der Waals surface area contributed by atoms with E-state index in [0.717, 1.165) is 18.7 Å². The van der Waals surface area contributed by atoms with E-state index in [9.17, 15) is 9.59 Å². The fraction of sp³-hybridized carbons (Fsp3) is 0.529. The van der Waals surface area contributed by atoms with Crippen LogP contribution in [0.3, 0.4) is 0 Å². The van der Waals surface area contributed by atoms with Gasteiger partial charge in [0, 0.05) is 19.0 Å². The lowest BCUT2D eigenvalue weighted by Gasteiger charge is -2.31. The molecule has 2 rings (SSSR count). The van der Waals surface area contributed by atoms with Gasteiger partial charge < -0.3 is 15.5 Å². The summed E-state index contributed by atoms with van der Waals surface area (Å²) in [6, 6.07) is 9.88. The summed E-state index contributed by atoms with van der Waals surface area (Å²) in [5, 5.41) is 5.94. The lowest BCUT2D eigenvalue weighted by Crippen LogP contribution is -2.50. The molecule has 1 aromatic carbocycles. The van der Waals surface area contributed by atoms with Crippen LogP contribution in [0.5, 0.6) is 0 Å². The summed E-state index contributed by atoms with van der Waals surface area (Å²) in [6.07, 6.45) is 0. The Morgan fingerprint density at radius 3 is 2.48 bits per heavy atom. The van der Waals surface area contributed by atoms with E-state index in [1.807, 2.05) is 44.2 Å². The molecule has 0 aromatic heterocycles. The standard InChI is InChI=1S/C17H25N3O2.ClH/c1-3-20(12-14-7-5-4-6-8-14)16(21)11-19-17(22)13(2)15-9-18-10-15;/h4-8,13,15,18H,3,9-12H2,1-2H3,(H,19,22);1H. The second kappa shape index (κ2) is 9.53. The van der Waals surface area contributed by atoms with Gasteiger partial charge in [0.1, 0.15) is 0 Å². The van der Waals surface area contributed by atoms with Crippen LogP contribution in [0.1, 0.15) is 19.4 Å². The van der Waals surface area contributed by atoms with Gasteiger partial charge in [-0.2, -0.15) is 0 Å². The van der Waals surface area contributed by atoms with E-state index in [0.29, 0.717) is 19.0 Å². The molecule has 0 radical (unpaired) electrons. The van der Waals surface area contributed by atoms with E-state index in [2.05, 4.69) is 10.6 Å². The molecule has 1 unspecified atom stereocenters. The second-order valence-electron chi connectivity index (χ2n) is 5.82. The lowest BCUT2D eigenvalue weighted by atomic mass is 9.88. The number of likely N-dealkylation sites (N-methyl/N-ethyl adjacent to an activating group) is 1. The molecule has 1 atom stereocenters. The quantitative estimate of drug-likeness (QED) is 0.790. The van der Waals surface area contributed by atoms with Crippen molar-refractivity contribution in [2.45, 2.75) is 20.4 Å². The lowest BCUT2D eigenvalue weighted by molar-refractivity contribution is -0.134. The van der Waals surface area contributed by atoms with Crippen LogP contribution in [0.4, 0.5) is 0 Å². The number of benzene rings is 1. The molecular formula is C17H26ClN3O2. The normalized spacial score (nSPS) is 15.0. The summed E-state index contributed by atoms with van der Waals surface area (Å²) in [6.45, 7) is 6.93. The van der Waals surface area contributed by atoms with Crippen molar-refractivity contribution < 1.29 is 9.59 Å². The van der Waals surface area contributed by atoms with Crippen LogP contribution in [-0.4, -0.2) is 42.9 Å². The van der Waals surface area contributed by atoms with Crippen LogP contribution in [0, 0.1) is 11.8 Å². The highest BCUT2D eigenvalue weighted by atomic mass is 35.5. The van der Waals surface area contributed by atoms with Gasteiger partial charge in [-0.25, -0.2) is 0 Å². The first kappa shape index (κ1) is 19.5. The number of hydrogen-bond donors (Lipinski definition) is 2. The van der Waals surface area contributed by atoms with Gasteiger partial charge in [-0.3, -0.25) is 9.59 Å². The maximum Gasteiger partial charge on any atom is 0.242 e. The van der Waals surface area contributed by atoms with Crippen LogP contribution >= 0.6 is 12.4 Å². The molecule has 1 fully saturated rings. The molecule has 0 spiro atoms. The van der Waals surface area contributed by atoms with Crippen molar-refractivity contribution in [1.82, 2.24) is 15.5 Å². The average Bonchev–Trinajstić information content (AvgIpc) is 2.49. The molecule has 1 aliphatic rings. The zero-order valence-electron chi connectivity index (χ0n) is 13.7. The van der Waals surface area contributed by atoms with Crippen molar-refractivity contribution in [2.75, 3.05) is 26.2 Å². The summed E-state index contributed by atoms with van der Waals surface area (Å²) in [4.78, 5) is 26.1. The van der Waals surface area contributed by atoms with Crippen molar-refractivity contribution >= 4 is 24.2 Å². The van der Waals surface area contributed by atoms with Crippen LogP contribution < -0.4 is 10.6 Å². The molecular weight excluding hydrogens is 314 g/mol. The SMILES string of the molecule is CCN(Cc1ccccc1)C(=O)CNC(=O)C(C)C1CNC1.Cl. The summed E-state index contributed by atoms with van der Waals surface area (Å²) < 4.78 is 0. The first-order valence-corrected chi connectivity index (χ1v) is 7.92. The monoisotopic (exact) mass is 339 g/mol. The molecule has 0 saturated carbocycles. The van der Waals surface area contributed by atoms with Gasteiger partial charge in [-0.1, -0.05) is 37.3 Å². The molecule has 6 heteroatoms. The summed E-state index contributed by atoms with van der Waals surface area (Å²) >= 11 is 0. The number of carbonyl (C=O) groups excluding carboxylic acids is 2. The predicted octanol–water partition coefficient (Wildman–Crippen LogP) is 1.43. The van der Waals surface area contributed by atoms with Crippen LogP contribution in [0.2, 0.25) is 0 Å². The molecule has 1 saturated heterocycles. The fourth-order valence-electron chi connectivity index (χ4n) is 2.49. The Morgan fingerprint density at radius 2 is 1.96 bits per heavy atom. The maximum atomic E-state index is 12.3. The zero-order valence-corrected chi connectivity index (χ0v) is 14.6. The largest absolute Gasteiger partial charge is 0.347 e. The highest BCUT2D eigenvalue weighted by Gasteiger charge is 2.28. The first-order chi connectivity index (χ1) is 10.6. The molecule has 0 bridgehead atoms. The van der Waals surface area contributed by atoms with E-state index in [1.54, 1.807) is 4.90 Å². The molecule has 0 aliphatic carbocycles. The van der Waals surface area contributed by atoms with Crippen molar-refractivity contribution in [3.63, 3.8) is 0 Å². The smallest absolute Gasteiger partial charge is 0.242 e. The third-order valence-electron chi connectivity index (χ3n) is 4.30. The minimum Gasteiger partial charge on any atom is -0.347 e. The van der Waals surface area contributed by atoms with Crippen molar-refractivity contribution in [1.29, 1.82) is 0 Å². The predicted molar refractivity (Wildman–Crippen MR) is 93.3 cm³/mol. The Kier molecular flexibility index (Phi) is 8.06. The maximum absolute atomic E-state index is 12.3. The Bertz CT molecular complexity index is 506. The molecule has 23 heavy (non-hydrogen) atoms. The van der Waals surface area contributed by atoms with Gasteiger partial charge >= 0.3 is 0 Å². The average molecular weight is 340 g/mol. The minimum atomic E-state index is -0.0433. The molecule has 1 aliphatic heterocycles. The molecule has 2 N–H and O–H groups in total. The minimum absolute atomic E-state index is 0. The van der Waals surface area contributed by atoms with E-state index < -0.39 is 0 Å². The van der Waals surface area contributed by atoms with Crippen LogP contribution in [-0.2, 0) is 16.1 Å². The number of carbonyl (C=O) groups is 2. The number of nitrogens with one attached hydrogen (secondary N) is 2. The molecule has 5 nitrogen and oxygen atoms in total. The number of rotatable bonds is 7. The van der Waals surface area contributed by atoms with Crippen LogP contribution in [0.25, 0.3) is 0 Å². The van der Waals surface area contributed by atoms with Gasteiger partial charge in [-0.15, -0.1) is 12.4 Å². The Morgan fingerprint density at radius 1 is 1.30 bits per heavy atom. The molecule has 1 aromatic rings. The Labute approximate surface area is 144 Å². The molecule has 1 heterocycles. The van der Waals surface area contributed by atoms with Gasteiger partial charge in [0.05, 0.1) is 6.54 Å². The fourth-order valence-corrected chi connectivity index (χ4v) is 2.49. The van der Waals surface area contributed by atoms with Crippen molar-refractivity contribution in [3.05, 3.63) is 35.9 Å². The molecule has 128 valence electrons. The molecule has 2 amide bonds. The van der Waals surface area contributed by atoms with E-state index in [4.69, 9.17) is 0 Å². The van der Waals surface area contributed by atoms with E-state index >= 15 is 0 Å². The summed E-state index contributed by atoms with van der Waals surface area (Å²) in [5.41, 5.74) is 1.10. The zero-order chi connectivity index (χ0) is 15.9. The number of amides is 2. The third-order valence-corrected chi connectivity index (χ3v) is 4.30. The first-order valence-electron chi connectivity index (χ1n) is 7.92. The summed E-state index contributed by atoms with van der Waals surface area (Å²) in [7, 11) is 0. The second-order valence-corrected chi connectivity index (χ2v) is 5.82. The number of halogens is 1. The highest BCUT2D eigenvalue weighted by Crippen LogP contribution is 2.15.